The second kappa shape index (κ2) is 6.10. The molecule has 1 aliphatic rings. The van der Waals surface area contributed by atoms with Gasteiger partial charge in [-0.05, 0) is 59.5 Å². The van der Waals surface area contributed by atoms with Crippen LogP contribution >= 0.6 is 11.3 Å². The lowest BCUT2D eigenvalue weighted by atomic mass is 9.75. The van der Waals surface area contributed by atoms with Gasteiger partial charge in [-0.25, -0.2) is 0 Å². The maximum atomic E-state index is 3.87. The SMILES string of the molecule is CCCNC(c1csc2ccccc12)C1CCCC1(C)C. The number of fused-ring (bicyclic) bond motifs is 1. The molecular formula is C19H27NS. The van der Waals surface area contributed by atoms with Crippen molar-refractivity contribution in [1.29, 1.82) is 0 Å². The Bertz CT molecular complexity index is 598. The molecular weight excluding hydrogens is 274 g/mol. The van der Waals surface area contributed by atoms with Gasteiger partial charge in [-0.1, -0.05) is 45.4 Å². The summed E-state index contributed by atoms with van der Waals surface area (Å²) in [5.74, 6) is 0.752. The Balaban J connectivity index is 1.99. The summed E-state index contributed by atoms with van der Waals surface area (Å²) >= 11 is 1.89. The van der Waals surface area contributed by atoms with Crippen LogP contribution in [0.1, 0.15) is 58.1 Å². The molecule has 1 saturated carbocycles. The van der Waals surface area contributed by atoms with Gasteiger partial charge in [0.15, 0.2) is 0 Å². The summed E-state index contributed by atoms with van der Waals surface area (Å²) in [4.78, 5) is 0. The Hall–Kier alpha value is -0.860. The molecule has 1 heterocycles. The van der Waals surface area contributed by atoms with E-state index in [2.05, 4.69) is 55.7 Å². The highest BCUT2D eigenvalue weighted by Crippen LogP contribution is 2.50. The molecule has 0 saturated heterocycles. The molecule has 1 aromatic carbocycles. The summed E-state index contributed by atoms with van der Waals surface area (Å²) in [6, 6.07) is 9.38. The average Bonchev–Trinajstić information content (AvgIpc) is 3.04. The second-order valence-corrected chi connectivity index (χ2v) is 8.02. The van der Waals surface area contributed by atoms with Crippen LogP contribution in [0.25, 0.3) is 10.1 Å². The van der Waals surface area contributed by atoms with Crippen molar-refractivity contribution in [2.45, 2.75) is 52.5 Å². The number of thiophene rings is 1. The maximum Gasteiger partial charge on any atom is 0.0368 e. The van der Waals surface area contributed by atoms with Crippen molar-refractivity contribution in [3.05, 3.63) is 35.2 Å². The molecule has 2 atom stereocenters. The molecule has 3 rings (SSSR count). The average molecular weight is 301 g/mol. The number of hydrogen-bond acceptors (Lipinski definition) is 2. The van der Waals surface area contributed by atoms with Crippen LogP contribution in [0, 0.1) is 11.3 Å². The van der Waals surface area contributed by atoms with E-state index in [-0.39, 0.29) is 0 Å². The number of nitrogens with one attached hydrogen (secondary N) is 1. The van der Waals surface area contributed by atoms with Gasteiger partial charge in [0.1, 0.15) is 0 Å². The molecule has 2 unspecified atom stereocenters. The number of benzene rings is 1. The summed E-state index contributed by atoms with van der Waals surface area (Å²) in [6.45, 7) is 8.29. The van der Waals surface area contributed by atoms with Gasteiger partial charge >= 0.3 is 0 Å². The van der Waals surface area contributed by atoms with Crippen LogP contribution in [0.4, 0.5) is 0 Å². The third-order valence-corrected chi connectivity index (χ3v) is 6.18. The van der Waals surface area contributed by atoms with Crippen molar-refractivity contribution < 1.29 is 0 Å². The van der Waals surface area contributed by atoms with Gasteiger partial charge in [0, 0.05) is 10.7 Å². The van der Waals surface area contributed by atoms with E-state index in [0.717, 1.165) is 12.5 Å². The molecule has 0 radical (unpaired) electrons. The van der Waals surface area contributed by atoms with Crippen LogP contribution < -0.4 is 5.32 Å². The monoisotopic (exact) mass is 301 g/mol. The fraction of sp³-hybridized carbons (Fsp3) is 0.579. The Morgan fingerprint density at radius 2 is 2.14 bits per heavy atom. The predicted octanol–water partition coefficient (Wildman–Crippen LogP) is 5.77. The Labute approximate surface area is 132 Å². The first kappa shape index (κ1) is 15.1. The minimum absolute atomic E-state index is 0.453. The first-order valence-electron chi connectivity index (χ1n) is 8.33. The van der Waals surface area contributed by atoms with E-state index in [1.807, 2.05) is 11.3 Å². The summed E-state index contributed by atoms with van der Waals surface area (Å²) in [5, 5.41) is 7.72. The van der Waals surface area contributed by atoms with Gasteiger partial charge in [-0.2, -0.15) is 0 Å². The minimum Gasteiger partial charge on any atom is -0.310 e. The van der Waals surface area contributed by atoms with Crippen LogP contribution in [0.15, 0.2) is 29.6 Å². The molecule has 0 aliphatic heterocycles. The maximum absolute atomic E-state index is 3.87. The Morgan fingerprint density at radius 1 is 1.33 bits per heavy atom. The largest absolute Gasteiger partial charge is 0.310 e. The third kappa shape index (κ3) is 2.89. The van der Waals surface area contributed by atoms with Crippen LogP contribution in [-0.2, 0) is 0 Å². The summed E-state index contributed by atoms with van der Waals surface area (Å²) in [5.41, 5.74) is 1.98. The molecule has 1 aliphatic carbocycles. The van der Waals surface area contributed by atoms with Crippen molar-refractivity contribution in [3.8, 4) is 0 Å². The van der Waals surface area contributed by atoms with E-state index < -0.39 is 0 Å². The van der Waals surface area contributed by atoms with Crippen molar-refractivity contribution in [1.82, 2.24) is 5.32 Å². The van der Waals surface area contributed by atoms with E-state index in [1.165, 1.54) is 41.3 Å². The van der Waals surface area contributed by atoms with Crippen molar-refractivity contribution in [3.63, 3.8) is 0 Å². The number of rotatable bonds is 5. The smallest absolute Gasteiger partial charge is 0.0368 e. The van der Waals surface area contributed by atoms with Crippen LogP contribution in [0.2, 0.25) is 0 Å². The van der Waals surface area contributed by atoms with Gasteiger partial charge in [-0.15, -0.1) is 11.3 Å². The molecule has 0 amide bonds. The second-order valence-electron chi connectivity index (χ2n) is 7.11. The van der Waals surface area contributed by atoms with E-state index in [0.29, 0.717) is 11.5 Å². The quantitative estimate of drug-likeness (QED) is 0.739. The molecule has 1 fully saturated rings. The molecule has 1 aromatic heterocycles. The van der Waals surface area contributed by atoms with E-state index in [1.54, 1.807) is 0 Å². The van der Waals surface area contributed by atoms with Gasteiger partial charge in [0.2, 0.25) is 0 Å². The first-order chi connectivity index (χ1) is 10.1. The van der Waals surface area contributed by atoms with E-state index in [4.69, 9.17) is 0 Å². The van der Waals surface area contributed by atoms with Gasteiger partial charge in [0.25, 0.3) is 0 Å². The third-order valence-electron chi connectivity index (χ3n) is 5.20. The topological polar surface area (TPSA) is 12.0 Å². The highest BCUT2D eigenvalue weighted by Gasteiger charge is 2.40. The highest BCUT2D eigenvalue weighted by molar-refractivity contribution is 7.17. The molecule has 114 valence electrons. The van der Waals surface area contributed by atoms with Crippen molar-refractivity contribution in [2.75, 3.05) is 6.54 Å². The first-order valence-corrected chi connectivity index (χ1v) is 9.21. The fourth-order valence-corrected chi connectivity index (χ4v) is 4.98. The predicted molar refractivity (Wildman–Crippen MR) is 94.0 cm³/mol. The normalized spacial score (nSPS) is 22.7. The molecule has 0 bridgehead atoms. The molecule has 21 heavy (non-hydrogen) atoms. The van der Waals surface area contributed by atoms with Gasteiger partial charge in [-0.3, -0.25) is 0 Å². The summed E-state index contributed by atoms with van der Waals surface area (Å²) in [6.07, 6.45) is 5.30. The van der Waals surface area contributed by atoms with E-state index in [9.17, 15) is 0 Å². The highest BCUT2D eigenvalue weighted by atomic mass is 32.1. The fourth-order valence-electron chi connectivity index (χ4n) is 3.98. The van der Waals surface area contributed by atoms with Crippen molar-refractivity contribution in [2.24, 2.45) is 11.3 Å². The zero-order valence-electron chi connectivity index (χ0n) is 13.5. The van der Waals surface area contributed by atoms with Crippen LogP contribution in [0.3, 0.4) is 0 Å². The summed E-state index contributed by atoms with van der Waals surface area (Å²) in [7, 11) is 0. The lowest BCUT2D eigenvalue weighted by Crippen LogP contribution is -2.34. The lowest BCUT2D eigenvalue weighted by Gasteiger charge is -2.35. The van der Waals surface area contributed by atoms with Crippen LogP contribution in [0.5, 0.6) is 0 Å². The standard InChI is InChI=1S/C19H27NS/c1-4-12-20-18(16-9-7-11-19(16,2)3)15-13-21-17-10-6-5-8-14(15)17/h5-6,8,10,13,16,18,20H,4,7,9,11-12H2,1-3H3. The van der Waals surface area contributed by atoms with Gasteiger partial charge in [0.05, 0.1) is 0 Å². The Kier molecular flexibility index (Phi) is 4.37. The zero-order chi connectivity index (χ0) is 14.9. The molecule has 1 N–H and O–H groups in total. The Morgan fingerprint density at radius 3 is 2.86 bits per heavy atom. The molecule has 0 spiro atoms. The molecule has 2 heteroatoms. The van der Waals surface area contributed by atoms with Crippen molar-refractivity contribution >= 4 is 21.4 Å². The zero-order valence-corrected chi connectivity index (χ0v) is 14.3. The van der Waals surface area contributed by atoms with Gasteiger partial charge < -0.3 is 5.32 Å². The van der Waals surface area contributed by atoms with E-state index >= 15 is 0 Å². The van der Waals surface area contributed by atoms with Crippen LogP contribution in [-0.4, -0.2) is 6.54 Å². The minimum atomic E-state index is 0.453. The lowest BCUT2D eigenvalue weighted by molar-refractivity contribution is 0.199. The molecule has 1 nitrogen and oxygen atoms in total. The number of hydrogen-bond donors (Lipinski definition) is 1. The summed E-state index contributed by atoms with van der Waals surface area (Å²) < 4.78 is 1.42. The molecule has 2 aromatic rings.